The highest BCUT2D eigenvalue weighted by Crippen LogP contribution is 2.24. The van der Waals surface area contributed by atoms with E-state index in [9.17, 15) is 4.79 Å². The van der Waals surface area contributed by atoms with E-state index in [2.05, 4.69) is 22.1 Å². The summed E-state index contributed by atoms with van der Waals surface area (Å²) in [6.07, 6.45) is 13.7. The molecular weight excluding hydrogens is 240 g/mol. The number of hydrogen-bond acceptors (Lipinski definition) is 3. The maximum atomic E-state index is 10.4. The van der Waals surface area contributed by atoms with Gasteiger partial charge in [-0.25, -0.2) is 0 Å². The van der Waals surface area contributed by atoms with Crippen molar-refractivity contribution in [2.75, 3.05) is 19.6 Å². The van der Waals surface area contributed by atoms with Gasteiger partial charge in [0.2, 0.25) is 0 Å². The predicted octanol–water partition coefficient (Wildman–Crippen LogP) is 2.66. The summed E-state index contributed by atoms with van der Waals surface area (Å²) in [4.78, 5) is 15.4. The van der Waals surface area contributed by atoms with Crippen LogP contribution in [0.4, 0.5) is 0 Å². The zero-order valence-electron chi connectivity index (χ0n) is 11.8. The van der Waals surface area contributed by atoms with E-state index in [0.717, 1.165) is 19.4 Å². The number of aliphatic carboxylic acids is 1. The topological polar surface area (TPSA) is 43.8 Å². The zero-order chi connectivity index (χ0) is 13.5. The molecule has 19 heavy (non-hydrogen) atoms. The maximum absolute atomic E-state index is 10.4. The largest absolute Gasteiger partial charge is 0.481 e. The Morgan fingerprint density at radius 3 is 2.84 bits per heavy atom. The molecule has 4 heteroatoms. The van der Waals surface area contributed by atoms with E-state index >= 15 is 0 Å². The van der Waals surface area contributed by atoms with Gasteiger partial charge in [-0.2, -0.15) is 0 Å². The molecule has 108 valence electrons. The van der Waals surface area contributed by atoms with Gasteiger partial charge in [0.1, 0.15) is 0 Å². The number of hydrogen-bond donors (Lipinski definition) is 1. The van der Waals surface area contributed by atoms with E-state index in [1.165, 1.54) is 45.2 Å². The van der Waals surface area contributed by atoms with Crippen LogP contribution in [0.2, 0.25) is 0 Å². The molecule has 4 nitrogen and oxygen atoms in total. The summed E-state index contributed by atoms with van der Waals surface area (Å²) >= 11 is 0. The first-order chi connectivity index (χ1) is 9.27. The second-order valence-electron chi connectivity index (χ2n) is 5.65. The molecule has 0 radical (unpaired) electrons. The number of carboxylic acid groups (broad SMARTS) is 1. The van der Waals surface area contributed by atoms with Gasteiger partial charge < -0.3 is 10.0 Å². The number of carboxylic acids is 1. The predicted molar refractivity (Wildman–Crippen MR) is 75.8 cm³/mol. The summed E-state index contributed by atoms with van der Waals surface area (Å²) in [6.45, 7) is 3.50. The molecule has 0 aromatic carbocycles. The van der Waals surface area contributed by atoms with Crippen LogP contribution in [-0.4, -0.2) is 46.7 Å². The van der Waals surface area contributed by atoms with Gasteiger partial charge in [-0.15, -0.1) is 0 Å². The van der Waals surface area contributed by atoms with Crippen molar-refractivity contribution in [3.8, 4) is 0 Å². The van der Waals surface area contributed by atoms with Crippen molar-refractivity contribution in [1.82, 2.24) is 9.80 Å². The second-order valence-corrected chi connectivity index (χ2v) is 5.65. The Hall–Kier alpha value is -1.03. The van der Waals surface area contributed by atoms with Gasteiger partial charge in [0.15, 0.2) is 0 Å². The lowest BCUT2D eigenvalue weighted by atomic mass is 10.1. The van der Waals surface area contributed by atoms with E-state index in [-0.39, 0.29) is 0 Å². The highest BCUT2D eigenvalue weighted by atomic mass is 16.4. The highest BCUT2D eigenvalue weighted by molar-refractivity contribution is 5.66. The number of nitrogens with zero attached hydrogens (tertiary/aromatic N) is 2. The van der Waals surface area contributed by atoms with Crippen LogP contribution in [0.3, 0.4) is 0 Å². The van der Waals surface area contributed by atoms with Crippen LogP contribution < -0.4 is 0 Å². The maximum Gasteiger partial charge on any atom is 0.303 e. The summed E-state index contributed by atoms with van der Waals surface area (Å²) in [6, 6.07) is 0. The summed E-state index contributed by atoms with van der Waals surface area (Å²) < 4.78 is 0. The van der Waals surface area contributed by atoms with E-state index in [0.29, 0.717) is 12.6 Å². The first kappa shape index (κ1) is 14.4. The lowest BCUT2D eigenvalue weighted by Gasteiger charge is -2.37. The van der Waals surface area contributed by atoms with Gasteiger partial charge in [0, 0.05) is 26.1 Å². The fourth-order valence-electron chi connectivity index (χ4n) is 3.14. The molecule has 2 heterocycles. The molecule has 0 aromatic heterocycles. The minimum Gasteiger partial charge on any atom is -0.481 e. The van der Waals surface area contributed by atoms with Gasteiger partial charge in [0.25, 0.3) is 0 Å². The molecule has 0 saturated carbocycles. The molecule has 1 saturated heterocycles. The van der Waals surface area contributed by atoms with Gasteiger partial charge in [0.05, 0.1) is 6.17 Å². The Morgan fingerprint density at radius 1 is 1.21 bits per heavy atom. The molecule has 2 aliphatic heterocycles. The van der Waals surface area contributed by atoms with Crippen LogP contribution in [-0.2, 0) is 4.79 Å². The molecule has 2 rings (SSSR count). The summed E-state index contributed by atoms with van der Waals surface area (Å²) in [5.74, 6) is -0.665. The lowest BCUT2D eigenvalue weighted by molar-refractivity contribution is -0.137. The first-order valence-electron chi connectivity index (χ1n) is 7.65. The molecule has 0 amide bonds. The number of unbranched alkanes of at least 4 members (excludes halogenated alkanes) is 4. The molecular formula is C15H26N2O2. The molecule has 1 fully saturated rings. The van der Waals surface area contributed by atoms with Crippen molar-refractivity contribution in [3.63, 3.8) is 0 Å². The SMILES string of the molecule is O=C(O)CCCCCCCN1CC=CN2CCCC21. The molecule has 0 bridgehead atoms. The normalized spacial score (nSPS) is 22.7. The second kappa shape index (κ2) is 7.53. The van der Waals surface area contributed by atoms with Crippen LogP contribution in [0.15, 0.2) is 12.3 Å². The number of carbonyl (C=O) groups is 1. The van der Waals surface area contributed by atoms with Crippen molar-refractivity contribution in [1.29, 1.82) is 0 Å². The van der Waals surface area contributed by atoms with Crippen LogP contribution >= 0.6 is 0 Å². The zero-order valence-corrected chi connectivity index (χ0v) is 11.8. The van der Waals surface area contributed by atoms with E-state index in [1.807, 2.05) is 0 Å². The molecule has 1 atom stereocenters. The van der Waals surface area contributed by atoms with Crippen LogP contribution in [0.5, 0.6) is 0 Å². The Balaban J connectivity index is 1.53. The third-order valence-electron chi connectivity index (χ3n) is 4.16. The lowest BCUT2D eigenvalue weighted by Crippen LogP contribution is -2.45. The minimum absolute atomic E-state index is 0.327. The molecule has 0 aromatic rings. The fourth-order valence-corrected chi connectivity index (χ4v) is 3.14. The van der Waals surface area contributed by atoms with Crippen LogP contribution in [0.25, 0.3) is 0 Å². The highest BCUT2D eigenvalue weighted by Gasteiger charge is 2.28. The minimum atomic E-state index is -0.665. The van der Waals surface area contributed by atoms with Gasteiger partial charge in [-0.3, -0.25) is 9.69 Å². The van der Waals surface area contributed by atoms with Crippen LogP contribution in [0, 0.1) is 0 Å². The molecule has 1 N–H and O–H groups in total. The quantitative estimate of drug-likeness (QED) is 0.686. The third-order valence-corrected chi connectivity index (χ3v) is 4.16. The summed E-state index contributed by atoms with van der Waals surface area (Å²) in [5, 5.41) is 8.56. The van der Waals surface area contributed by atoms with Crippen molar-refractivity contribution in [2.24, 2.45) is 0 Å². The van der Waals surface area contributed by atoms with Gasteiger partial charge >= 0.3 is 5.97 Å². The van der Waals surface area contributed by atoms with Crippen molar-refractivity contribution in [3.05, 3.63) is 12.3 Å². The van der Waals surface area contributed by atoms with Gasteiger partial charge in [-0.05, 0) is 31.9 Å². The number of fused-ring (bicyclic) bond motifs is 1. The molecule has 2 aliphatic rings. The average molecular weight is 266 g/mol. The average Bonchev–Trinajstić information content (AvgIpc) is 2.86. The Morgan fingerprint density at radius 2 is 2.00 bits per heavy atom. The summed E-state index contributed by atoms with van der Waals surface area (Å²) in [7, 11) is 0. The van der Waals surface area contributed by atoms with Crippen molar-refractivity contribution >= 4 is 5.97 Å². The Labute approximate surface area is 116 Å². The van der Waals surface area contributed by atoms with Crippen molar-refractivity contribution < 1.29 is 9.90 Å². The molecule has 1 unspecified atom stereocenters. The van der Waals surface area contributed by atoms with Gasteiger partial charge in [-0.1, -0.05) is 25.3 Å². The first-order valence-corrected chi connectivity index (χ1v) is 7.65. The molecule has 0 aliphatic carbocycles. The standard InChI is InChI=1S/C15H26N2O2/c18-15(19)9-4-2-1-3-5-10-16-12-7-13-17-11-6-8-14(16)17/h7,13-14H,1-6,8-12H2,(H,18,19). The number of rotatable bonds is 8. The summed E-state index contributed by atoms with van der Waals surface area (Å²) in [5.41, 5.74) is 0. The van der Waals surface area contributed by atoms with E-state index in [4.69, 9.17) is 5.11 Å². The fraction of sp³-hybridized carbons (Fsp3) is 0.800. The monoisotopic (exact) mass is 266 g/mol. The van der Waals surface area contributed by atoms with E-state index < -0.39 is 5.97 Å². The van der Waals surface area contributed by atoms with Crippen molar-refractivity contribution in [2.45, 2.75) is 57.5 Å². The molecule has 0 spiro atoms. The Bertz CT molecular complexity index is 317. The third kappa shape index (κ3) is 4.53. The Kier molecular flexibility index (Phi) is 5.70. The van der Waals surface area contributed by atoms with E-state index in [1.54, 1.807) is 0 Å². The van der Waals surface area contributed by atoms with Crippen LogP contribution in [0.1, 0.15) is 51.4 Å². The smallest absolute Gasteiger partial charge is 0.303 e.